The summed E-state index contributed by atoms with van der Waals surface area (Å²) in [6, 6.07) is 14.9. The van der Waals surface area contributed by atoms with Crippen molar-refractivity contribution in [2.45, 2.75) is 32.7 Å². The molecule has 1 nitrogen and oxygen atoms in total. The summed E-state index contributed by atoms with van der Waals surface area (Å²) in [7, 11) is 0. The van der Waals surface area contributed by atoms with Gasteiger partial charge in [0.15, 0.2) is 0 Å². The molecule has 2 aromatic rings. The minimum atomic E-state index is -0.0718. The Labute approximate surface area is 124 Å². The van der Waals surface area contributed by atoms with E-state index in [-0.39, 0.29) is 6.04 Å². The number of benzene rings is 2. The second-order valence-corrected chi connectivity index (χ2v) is 6.28. The molecular formula is C17H20BrN. The van der Waals surface area contributed by atoms with Crippen LogP contribution in [0.5, 0.6) is 0 Å². The largest absolute Gasteiger partial charge is 0.320 e. The van der Waals surface area contributed by atoms with Crippen molar-refractivity contribution >= 4 is 15.9 Å². The molecule has 0 fully saturated rings. The van der Waals surface area contributed by atoms with E-state index in [1.165, 1.54) is 11.1 Å². The highest BCUT2D eigenvalue weighted by Crippen LogP contribution is 2.25. The van der Waals surface area contributed by atoms with Gasteiger partial charge in [-0.05, 0) is 47.2 Å². The zero-order chi connectivity index (χ0) is 14.0. The summed E-state index contributed by atoms with van der Waals surface area (Å²) in [5, 5.41) is 0. The Bertz CT molecular complexity index is 538. The van der Waals surface area contributed by atoms with Crippen LogP contribution in [0.25, 0.3) is 0 Å². The molecule has 0 aliphatic rings. The summed E-state index contributed by atoms with van der Waals surface area (Å²) in [5.74, 6) is 0.554. The topological polar surface area (TPSA) is 26.0 Å². The van der Waals surface area contributed by atoms with Gasteiger partial charge in [0.1, 0.15) is 0 Å². The highest BCUT2D eigenvalue weighted by atomic mass is 79.9. The maximum absolute atomic E-state index is 6.36. The molecule has 0 saturated heterocycles. The molecule has 0 saturated carbocycles. The third-order valence-corrected chi connectivity index (χ3v) is 3.84. The van der Waals surface area contributed by atoms with Crippen molar-refractivity contribution in [3.8, 4) is 0 Å². The van der Waals surface area contributed by atoms with Crippen LogP contribution in [0.3, 0.4) is 0 Å². The Morgan fingerprint density at radius 1 is 0.895 bits per heavy atom. The van der Waals surface area contributed by atoms with Crippen molar-refractivity contribution in [1.82, 2.24) is 0 Å². The maximum atomic E-state index is 6.36. The van der Waals surface area contributed by atoms with E-state index in [2.05, 4.69) is 79.2 Å². The van der Waals surface area contributed by atoms with Crippen molar-refractivity contribution in [1.29, 1.82) is 0 Å². The van der Waals surface area contributed by atoms with Crippen molar-refractivity contribution in [3.63, 3.8) is 0 Å². The first-order chi connectivity index (χ1) is 8.97. The SMILES string of the molecule is Cc1cc(Br)cc(C(N)c2ccc(C(C)C)cc2)c1. The molecule has 2 aromatic carbocycles. The first kappa shape index (κ1) is 14.3. The Morgan fingerprint density at radius 2 is 1.47 bits per heavy atom. The summed E-state index contributed by atoms with van der Waals surface area (Å²) in [5.41, 5.74) is 11.2. The lowest BCUT2D eigenvalue weighted by molar-refractivity contribution is 0.846. The molecule has 0 aliphatic carbocycles. The molecule has 1 unspecified atom stereocenters. The van der Waals surface area contributed by atoms with Crippen LogP contribution >= 0.6 is 15.9 Å². The summed E-state index contributed by atoms with van der Waals surface area (Å²) >= 11 is 3.53. The molecule has 2 rings (SSSR count). The van der Waals surface area contributed by atoms with Gasteiger partial charge >= 0.3 is 0 Å². The van der Waals surface area contributed by atoms with Crippen LogP contribution < -0.4 is 5.73 Å². The first-order valence-electron chi connectivity index (χ1n) is 6.60. The minimum absolute atomic E-state index is 0.0718. The van der Waals surface area contributed by atoms with Gasteiger partial charge in [-0.25, -0.2) is 0 Å². The number of hydrogen-bond donors (Lipinski definition) is 1. The van der Waals surface area contributed by atoms with Crippen LogP contribution in [0.2, 0.25) is 0 Å². The second kappa shape index (κ2) is 5.89. The molecule has 0 aliphatic heterocycles. The molecule has 100 valence electrons. The molecule has 0 amide bonds. The van der Waals surface area contributed by atoms with Crippen molar-refractivity contribution in [2.24, 2.45) is 5.73 Å². The Kier molecular flexibility index (Phi) is 4.43. The number of halogens is 1. The predicted octanol–water partition coefficient (Wildman–Crippen LogP) is 4.93. The fourth-order valence-electron chi connectivity index (χ4n) is 2.22. The highest BCUT2D eigenvalue weighted by molar-refractivity contribution is 9.10. The quantitative estimate of drug-likeness (QED) is 0.853. The molecule has 0 radical (unpaired) electrons. The normalized spacial score (nSPS) is 12.7. The van der Waals surface area contributed by atoms with Gasteiger partial charge in [-0.2, -0.15) is 0 Å². The van der Waals surface area contributed by atoms with Gasteiger partial charge in [0.2, 0.25) is 0 Å². The monoisotopic (exact) mass is 317 g/mol. The zero-order valence-corrected chi connectivity index (χ0v) is 13.2. The van der Waals surface area contributed by atoms with Gasteiger partial charge in [0.25, 0.3) is 0 Å². The molecular weight excluding hydrogens is 298 g/mol. The minimum Gasteiger partial charge on any atom is -0.320 e. The van der Waals surface area contributed by atoms with Gasteiger partial charge in [0, 0.05) is 4.47 Å². The second-order valence-electron chi connectivity index (χ2n) is 5.36. The molecule has 1 atom stereocenters. The van der Waals surface area contributed by atoms with E-state index in [0.29, 0.717) is 5.92 Å². The third kappa shape index (κ3) is 3.46. The van der Waals surface area contributed by atoms with Gasteiger partial charge in [-0.3, -0.25) is 0 Å². The number of nitrogens with two attached hydrogens (primary N) is 1. The Morgan fingerprint density at radius 3 is 2.00 bits per heavy atom. The van der Waals surface area contributed by atoms with Gasteiger partial charge in [0.05, 0.1) is 6.04 Å². The van der Waals surface area contributed by atoms with Crippen LogP contribution in [0.15, 0.2) is 46.9 Å². The zero-order valence-electron chi connectivity index (χ0n) is 11.7. The summed E-state index contributed by atoms with van der Waals surface area (Å²) < 4.78 is 1.08. The van der Waals surface area contributed by atoms with E-state index in [9.17, 15) is 0 Å². The maximum Gasteiger partial charge on any atom is 0.0552 e. The van der Waals surface area contributed by atoms with Gasteiger partial charge in [-0.1, -0.05) is 60.1 Å². The fraction of sp³-hybridized carbons (Fsp3) is 0.294. The average Bonchev–Trinajstić information content (AvgIpc) is 2.37. The van der Waals surface area contributed by atoms with Gasteiger partial charge in [-0.15, -0.1) is 0 Å². The van der Waals surface area contributed by atoms with E-state index >= 15 is 0 Å². The molecule has 0 aromatic heterocycles. The van der Waals surface area contributed by atoms with Crippen molar-refractivity contribution < 1.29 is 0 Å². The summed E-state index contributed by atoms with van der Waals surface area (Å²) in [4.78, 5) is 0. The summed E-state index contributed by atoms with van der Waals surface area (Å²) in [6.45, 7) is 6.49. The van der Waals surface area contributed by atoms with Crippen molar-refractivity contribution in [3.05, 3.63) is 69.2 Å². The van der Waals surface area contributed by atoms with E-state index in [1.807, 2.05) is 0 Å². The molecule has 2 N–H and O–H groups in total. The summed E-state index contributed by atoms with van der Waals surface area (Å²) in [6.07, 6.45) is 0. The first-order valence-corrected chi connectivity index (χ1v) is 7.39. The molecule has 0 bridgehead atoms. The molecule has 2 heteroatoms. The number of hydrogen-bond acceptors (Lipinski definition) is 1. The lowest BCUT2D eigenvalue weighted by Crippen LogP contribution is -2.12. The average molecular weight is 318 g/mol. The van der Waals surface area contributed by atoms with E-state index in [0.717, 1.165) is 15.6 Å². The number of rotatable bonds is 3. The van der Waals surface area contributed by atoms with E-state index in [4.69, 9.17) is 5.73 Å². The van der Waals surface area contributed by atoms with Crippen LogP contribution in [-0.2, 0) is 0 Å². The standard InChI is InChI=1S/C17H20BrN/c1-11(2)13-4-6-14(7-5-13)17(19)15-8-12(3)9-16(18)10-15/h4-11,17H,19H2,1-3H3. The molecule has 19 heavy (non-hydrogen) atoms. The highest BCUT2D eigenvalue weighted by Gasteiger charge is 2.10. The van der Waals surface area contributed by atoms with Crippen molar-refractivity contribution in [2.75, 3.05) is 0 Å². The molecule has 0 spiro atoms. The Hall–Kier alpha value is -1.12. The third-order valence-electron chi connectivity index (χ3n) is 3.39. The van der Waals surface area contributed by atoms with Crippen LogP contribution in [-0.4, -0.2) is 0 Å². The lowest BCUT2D eigenvalue weighted by atomic mass is 9.95. The van der Waals surface area contributed by atoms with Gasteiger partial charge < -0.3 is 5.73 Å². The van der Waals surface area contributed by atoms with Crippen LogP contribution in [0.1, 0.15) is 48.1 Å². The lowest BCUT2D eigenvalue weighted by Gasteiger charge is -2.15. The van der Waals surface area contributed by atoms with Crippen LogP contribution in [0.4, 0.5) is 0 Å². The molecule has 0 heterocycles. The van der Waals surface area contributed by atoms with Crippen LogP contribution in [0, 0.1) is 6.92 Å². The van der Waals surface area contributed by atoms with E-state index < -0.39 is 0 Å². The number of aryl methyl sites for hydroxylation is 1. The fourth-order valence-corrected chi connectivity index (χ4v) is 2.85. The predicted molar refractivity (Wildman–Crippen MR) is 85.4 cm³/mol. The Balaban J connectivity index is 2.30. The van der Waals surface area contributed by atoms with E-state index in [1.54, 1.807) is 0 Å². The smallest absolute Gasteiger partial charge is 0.0552 e.